The van der Waals surface area contributed by atoms with Crippen LogP contribution in [0, 0.1) is 0 Å². The molecule has 126 valence electrons. The molecule has 0 unspecified atom stereocenters. The third kappa shape index (κ3) is 10.2. The van der Waals surface area contributed by atoms with Gasteiger partial charge in [-0.15, -0.1) is 0 Å². The van der Waals surface area contributed by atoms with Gasteiger partial charge in [-0.25, -0.2) is 0 Å². The van der Waals surface area contributed by atoms with Crippen LogP contribution in [-0.2, 0) is 9.47 Å². The fourth-order valence-corrected chi connectivity index (χ4v) is 2.76. The van der Waals surface area contributed by atoms with Crippen LogP contribution < -0.4 is 5.73 Å². The van der Waals surface area contributed by atoms with Gasteiger partial charge in [0.1, 0.15) is 0 Å². The lowest BCUT2D eigenvalue weighted by molar-refractivity contribution is 0.0654. The topological polar surface area (TPSA) is 51.0 Å². The van der Waals surface area contributed by atoms with Gasteiger partial charge in [-0.05, 0) is 51.9 Å². The molecular weight excluding hydrogens is 266 g/mol. The molecule has 1 aliphatic rings. The van der Waals surface area contributed by atoms with Gasteiger partial charge in [0.25, 0.3) is 0 Å². The highest BCUT2D eigenvalue weighted by atomic mass is 16.5. The summed E-state index contributed by atoms with van der Waals surface area (Å²) in [4.78, 5) is 5.20. The molecule has 21 heavy (non-hydrogen) atoms. The van der Waals surface area contributed by atoms with Gasteiger partial charge in [0.15, 0.2) is 0 Å². The molecule has 0 aromatic heterocycles. The lowest BCUT2D eigenvalue weighted by atomic mass is 10.2. The van der Waals surface area contributed by atoms with E-state index in [4.69, 9.17) is 15.2 Å². The summed E-state index contributed by atoms with van der Waals surface area (Å²) in [5.74, 6) is 0. The number of methoxy groups -OCH3 is 1. The smallest absolute Gasteiger partial charge is 0.0700 e. The first-order valence-electron chi connectivity index (χ1n) is 8.58. The van der Waals surface area contributed by atoms with E-state index in [1.165, 1.54) is 58.4 Å². The molecule has 0 bridgehead atoms. The summed E-state index contributed by atoms with van der Waals surface area (Å²) in [5, 5.41) is 0. The number of nitrogens with two attached hydrogens (primary N) is 1. The van der Waals surface area contributed by atoms with Crippen molar-refractivity contribution in [3.63, 3.8) is 0 Å². The summed E-state index contributed by atoms with van der Waals surface area (Å²) < 4.78 is 10.5. The van der Waals surface area contributed by atoms with E-state index in [2.05, 4.69) is 9.80 Å². The molecule has 1 fully saturated rings. The minimum atomic E-state index is 0.697. The first-order chi connectivity index (χ1) is 10.4. The molecule has 2 N–H and O–H groups in total. The molecule has 1 aliphatic heterocycles. The van der Waals surface area contributed by atoms with Crippen LogP contribution in [0.5, 0.6) is 0 Å². The maximum atomic E-state index is 5.54. The molecule has 0 aliphatic carbocycles. The van der Waals surface area contributed by atoms with Gasteiger partial charge in [-0.2, -0.15) is 0 Å². The Hall–Kier alpha value is -0.200. The Morgan fingerprint density at radius 3 is 2.19 bits per heavy atom. The Labute approximate surface area is 130 Å². The molecule has 0 aromatic rings. The number of hydrogen-bond donors (Lipinski definition) is 1. The van der Waals surface area contributed by atoms with E-state index in [0.29, 0.717) is 13.2 Å². The first kappa shape index (κ1) is 18.8. The predicted octanol–water partition coefficient (Wildman–Crippen LogP) is 1.18. The summed E-state index contributed by atoms with van der Waals surface area (Å²) >= 11 is 0. The second-order valence-electron chi connectivity index (χ2n) is 5.84. The van der Waals surface area contributed by atoms with Crippen LogP contribution in [0.2, 0.25) is 0 Å². The molecule has 1 saturated heterocycles. The molecule has 0 spiro atoms. The van der Waals surface area contributed by atoms with E-state index in [0.717, 1.165) is 26.1 Å². The van der Waals surface area contributed by atoms with Crippen molar-refractivity contribution in [3.8, 4) is 0 Å². The first-order valence-corrected chi connectivity index (χ1v) is 8.58. The molecule has 0 amide bonds. The van der Waals surface area contributed by atoms with Gasteiger partial charge in [-0.3, -0.25) is 0 Å². The van der Waals surface area contributed by atoms with Gasteiger partial charge < -0.3 is 25.0 Å². The van der Waals surface area contributed by atoms with E-state index >= 15 is 0 Å². The standard InChI is InChI=1S/C16H35N3O2/c1-20-15-16-21-14-6-11-19-10-5-9-18(12-13-19)8-4-2-3-7-17/h2-17H2,1H3. The zero-order valence-corrected chi connectivity index (χ0v) is 13.9. The van der Waals surface area contributed by atoms with Crippen molar-refractivity contribution in [2.45, 2.75) is 32.1 Å². The summed E-state index contributed by atoms with van der Waals surface area (Å²) in [7, 11) is 1.71. The summed E-state index contributed by atoms with van der Waals surface area (Å²) in [5.41, 5.74) is 5.54. The fraction of sp³-hybridized carbons (Fsp3) is 1.00. The zero-order valence-electron chi connectivity index (χ0n) is 13.9. The Morgan fingerprint density at radius 2 is 1.52 bits per heavy atom. The minimum absolute atomic E-state index is 0.697. The van der Waals surface area contributed by atoms with E-state index in [9.17, 15) is 0 Å². The Kier molecular flexibility index (Phi) is 12.1. The number of ether oxygens (including phenoxy) is 2. The molecule has 5 heteroatoms. The van der Waals surface area contributed by atoms with E-state index in [1.54, 1.807) is 7.11 Å². The molecule has 1 heterocycles. The van der Waals surface area contributed by atoms with Crippen molar-refractivity contribution in [3.05, 3.63) is 0 Å². The van der Waals surface area contributed by atoms with Crippen LogP contribution in [0.25, 0.3) is 0 Å². The number of rotatable bonds is 12. The van der Waals surface area contributed by atoms with Crippen molar-refractivity contribution in [1.82, 2.24) is 9.80 Å². The van der Waals surface area contributed by atoms with E-state index in [-0.39, 0.29) is 0 Å². The van der Waals surface area contributed by atoms with Crippen molar-refractivity contribution < 1.29 is 9.47 Å². The zero-order chi connectivity index (χ0) is 15.2. The van der Waals surface area contributed by atoms with E-state index < -0.39 is 0 Å². The predicted molar refractivity (Wildman–Crippen MR) is 87.7 cm³/mol. The fourth-order valence-electron chi connectivity index (χ4n) is 2.76. The molecular formula is C16H35N3O2. The minimum Gasteiger partial charge on any atom is -0.382 e. The highest BCUT2D eigenvalue weighted by Gasteiger charge is 2.13. The van der Waals surface area contributed by atoms with Crippen LogP contribution in [0.3, 0.4) is 0 Å². The van der Waals surface area contributed by atoms with Crippen LogP contribution in [0.4, 0.5) is 0 Å². The third-order valence-electron chi connectivity index (χ3n) is 4.05. The van der Waals surface area contributed by atoms with Crippen molar-refractivity contribution in [2.24, 2.45) is 5.73 Å². The maximum absolute atomic E-state index is 5.54. The lowest BCUT2D eigenvalue weighted by Crippen LogP contribution is -2.32. The van der Waals surface area contributed by atoms with Gasteiger partial charge >= 0.3 is 0 Å². The summed E-state index contributed by atoms with van der Waals surface area (Å²) in [6, 6.07) is 0. The Balaban J connectivity index is 2.01. The van der Waals surface area contributed by atoms with Gasteiger partial charge in [0.2, 0.25) is 0 Å². The second-order valence-corrected chi connectivity index (χ2v) is 5.84. The molecule has 0 aromatic carbocycles. The monoisotopic (exact) mass is 301 g/mol. The molecule has 0 radical (unpaired) electrons. The normalized spacial score (nSPS) is 18.0. The quantitative estimate of drug-likeness (QED) is 0.549. The maximum Gasteiger partial charge on any atom is 0.0700 e. The Bertz CT molecular complexity index is 230. The number of unbranched alkanes of at least 4 members (excludes halogenated alkanes) is 2. The highest BCUT2D eigenvalue weighted by molar-refractivity contribution is 4.69. The van der Waals surface area contributed by atoms with Crippen molar-refractivity contribution in [1.29, 1.82) is 0 Å². The van der Waals surface area contributed by atoms with E-state index in [1.807, 2.05) is 0 Å². The van der Waals surface area contributed by atoms with Gasteiger partial charge in [-0.1, -0.05) is 6.42 Å². The van der Waals surface area contributed by atoms with Crippen LogP contribution in [0.15, 0.2) is 0 Å². The number of nitrogens with zero attached hydrogens (tertiary/aromatic N) is 2. The average molecular weight is 301 g/mol. The summed E-state index contributed by atoms with van der Waals surface area (Å²) in [6.07, 6.45) is 6.16. The van der Waals surface area contributed by atoms with Crippen LogP contribution >= 0.6 is 0 Å². The molecule has 0 saturated carbocycles. The molecule has 0 atom stereocenters. The summed E-state index contributed by atoms with van der Waals surface area (Å²) in [6.45, 7) is 10.4. The second kappa shape index (κ2) is 13.5. The van der Waals surface area contributed by atoms with Crippen LogP contribution in [-0.4, -0.2) is 82.5 Å². The van der Waals surface area contributed by atoms with Crippen molar-refractivity contribution >= 4 is 0 Å². The van der Waals surface area contributed by atoms with Crippen molar-refractivity contribution in [2.75, 3.05) is 72.7 Å². The van der Waals surface area contributed by atoms with Crippen LogP contribution in [0.1, 0.15) is 32.1 Å². The Morgan fingerprint density at radius 1 is 0.810 bits per heavy atom. The SMILES string of the molecule is COCCOCCCN1CCCN(CCCCCN)CC1. The molecule has 1 rings (SSSR count). The highest BCUT2D eigenvalue weighted by Crippen LogP contribution is 2.06. The average Bonchev–Trinajstić information content (AvgIpc) is 2.73. The van der Waals surface area contributed by atoms with Gasteiger partial charge in [0, 0.05) is 33.4 Å². The van der Waals surface area contributed by atoms with Gasteiger partial charge in [0.05, 0.1) is 13.2 Å². The number of hydrogen-bond acceptors (Lipinski definition) is 5. The third-order valence-corrected chi connectivity index (χ3v) is 4.05. The lowest BCUT2D eigenvalue weighted by Gasteiger charge is -2.21. The molecule has 5 nitrogen and oxygen atoms in total. The largest absolute Gasteiger partial charge is 0.382 e.